The van der Waals surface area contributed by atoms with E-state index in [2.05, 4.69) is 27.9 Å². The quantitative estimate of drug-likeness (QED) is 0.264. The highest BCUT2D eigenvalue weighted by atomic mass is 16.1. The van der Waals surface area contributed by atoms with Gasteiger partial charge in [-0.2, -0.15) is 10.2 Å². The molecule has 3 aromatic heterocycles. The number of nitrogens with zero attached hydrogens (tertiary/aromatic N) is 5. The Morgan fingerprint density at radius 3 is 2.61 bits per heavy atom. The zero-order valence-corrected chi connectivity index (χ0v) is 22.8. The van der Waals surface area contributed by atoms with Gasteiger partial charge in [0.1, 0.15) is 17.5 Å². The molecule has 0 aliphatic carbocycles. The van der Waals surface area contributed by atoms with E-state index < -0.39 is 6.04 Å². The van der Waals surface area contributed by atoms with Crippen molar-refractivity contribution in [2.45, 2.75) is 19.4 Å². The molecular formula is C32H29N7O2. The fourth-order valence-electron chi connectivity index (χ4n) is 5.09. The second kappa shape index (κ2) is 11.3. The number of rotatable bonds is 8. The van der Waals surface area contributed by atoms with Crippen LogP contribution in [0.4, 0.5) is 11.8 Å². The van der Waals surface area contributed by atoms with Gasteiger partial charge in [-0.05, 0) is 53.1 Å². The number of hydrogen-bond acceptors (Lipinski definition) is 7. The van der Waals surface area contributed by atoms with Gasteiger partial charge in [-0.15, -0.1) is 6.58 Å². The molecule has 0 aliphatic heterocycles. The molecule has 0 amide bonds. The number of anilines is 2. The van der Waals surface area contributed by atoms with Gasteiger partial charge in [0.2, 0.25) is 11.5 Å². The van der Waals surface area contributed by atoms with E-state index >= 15 is 0 Å². The predicted octanol–water partition coefficient (Wildman–Crippen LogP) is 4.97. The van der Waals surface area contributed by atoms with E-state index in [0.717, 1.165) is 16.5 Å². The first-order valence-corrected chi connectivity index (χ1v) is 13.1. The van der Waals surface area contributed by atoms with Crippen molar-refractivity contribution in [3.63, 3.8) is 0 Å². The van der Waals surface area contributed by atoms with Crippen molar-refractivity contribution in [2.24, 2.45) is 13.0 Å². The predicted molar refractivity (Wildman–Crippen MR) is 162 cm³/mol. The largest absolute Gasteiger partial charge is 0.368 e. The van der Waals surface area contributed by atoms with E-state index in [0.29, 0.717) is 23.2 Å². The zero-order valence-electron chi connectivity index (χ0n) is 22.8. The lowest BCUT2D eigenvalue weighted by atomic mass is 9.92. The molecule has 0 bridgehead atoms. The minimum Gasteiger partial charge on any atom is -0.368 e. The minimum atomic E-state index is -0.465. The van der Waals surface area contributed by atoms with Crippen LogP contribution in [0.1, 0.15) is 30.6 Å². The van der Waals surface area contributed by atoms with E-state index in [1.807, 2.05) is 67.6 Å². The summed E-state index contributed by atoms with van der Waals surface area (Å²) in [6.07, 6.45) is 5.56. The molecule has 0 unspecified atom stereocenters. The summed E-state index contributed by atoms with van der Waals surface area (Å²) in [5, 5.41) is 14.4. The number of hydrogen-bond donors (Lipinski definition) is 2. The number of nitriles is 1. The normalized spacial score (nSPS) is 12.4. The standard InChI is InChI=1S/C32H29N7O2/c1-4-9-20(2)29(36-30-23(17-33)18-35-32(34)37-30)26-16-21-10-8-13-25(22-14-15-27(40)38(3)19-22)28(21)31(41)39(26)24-11-6-5-7-12-24/h4-8,10-16,18-20,29H,1,9H2,2-3H3,(H3,34,35,36,37)/t20-,29-/m0/s1. The van der Waals surface area contributed by atoms with Crippen molar-refractivity contribution >= 4 is 22.5 Å². The zero-order chi connectivity index (χ0) is 29.1. The van der Waals surface area contributed by atoms with Crippen LogP contribution in [0, 0.1) is 17.2 Å². The van der Waals surface area contributed by atoms with Crippen LogP contribution in [-0.2, 0) is 7.05 Å². The third-order valence-corrected chi connectivity index (χ3v) is 7.13. The first-order chi connectivity index (χ1) is 19.8. The van der Waals surface area contributed by atoms with Crippen molar-refractivity contribution in [2.75, 3.05) is 11.1 Å². The van der Waals surface area contributed by atoms with Crippen LogP contribution in [0.25, 0.3) is 27.6 Å². The molecule has 3 heterocycles. The van der Waals surface area contributed by atoms with Crippen LogP contribution in [-0.4, -0.2) is 19.1 Å². The highest BCUT2D eigenvalue weighted by Crippen LogP contribution is 2.34. The third kappa shape index (κ3) is 5.23. The fourth-order valence-corrected chi connectivity index (χ4v) is 5.09. The molecule has 0 radical (unpaired) electrons. The molecule has 0 fully saturated rings. The molecule has 5 aromatic rings. The van der Waals surface area contributed by atoms with Crippen LogP contribution >= 0.6 is 0 Å². The van der Waals surface area contributed by atoms with Crippen molar-refractivity contribution in [1.29, 1.82) is 5.26 Å². The Kier molecular flexibility index (Phi) is 7.48. The molecule has 2 aromatic carbocycles. The van der Waals surface area contributed by atoms with Gasteiger partial charge in [-0.25, -0.2) is 4.98 Å². The summed E-state index contributed by atoms with van der Waals surface area (Å²) < 4.78 is 3.19. The van der Waals surface area contributed by atoms with Crippen LogP contribution in [0.2, 0.25) is 0 Å². The molecule has 41 heavy (non-hydrogen) atoms. The number of nitrogens with one attached hydrogen (secondary N) is 1. The summed E-state index contributed by atoms with van der Waals surface area (Å²) in [6, 6.07) is 22.0. The van der Waals surface area contributed by atoms with Gasteiger partial charge >= 0.3 is 0 Å². The Morgan fingerprint density at radius 1 is 1.12 bits per heavy atom. The lowest BCUT2D eigenvalue weighted by Gasteiger charge is -2.29. The molecule has 0 spiro atoms. The average molecular weight is 544 g/mol. The summed E-state index contributed by atoms with van der Waals surface area (Å²) in [5.41, 5.74) is 8.61. The Hall–Kier alpha value is -5.49. The number of allylic oxidation sites excluding steroid dienone is 1. The number of nitrogen functional groups attached to an aromatic ring is 1. The molecular weight excluding hydrogens is 514 g/mol. The average Bonchev–Trinajstić information content (AvgIpc) is 2.97. The van der Waals surface area contributed by atoms with Crippen LogP contribution in [0.5, 0.6) is 0 Å². The highest BCUT2D eigenvalue weighted by molar-refractivity contribution is 5.96. The second-order valence-electron chi connectivity index (χ2n) is 9.91. The summed E-state index contributed by atoms with van der Waals surface area (Å²) in [4.78, 5) is 34.9. The van der Waals surface area contributed by atoms with Gasteiger partial charge in [0.05, 0.1) is 17.6 Å². The number of aromatic nitrogens is 4. The van der Waals surface area contributed by atoms with E-state index in [1.54, 1.807) is 23.9 Å². The van der Waals surface area contributed by atoms with Crippen molar-refractivity contribution in [3.8, 4) is 22.9 Å². The molecule has 9 nitrogen and oxygen atoms in total. The van der Waals surface area contributed by atoms with Gasteiger partial charge < -0.3 is 15.6 Å². The Morgan fingerprint density at radius 2 is 1.90 bits per heavy atom. The first-order valence-electron chi connectivity index (χ1n) is 13.1. The number of aryl methyl sites for hydroxylation is 1. The number of para-hydroxylation sites is 1. The van der Waals surface area contributed by atoms with E-state index in [1.165, 1.54) is 16.8 Å². The van der Waals surface area contributed by atoms with Crippen molar-refractivity contribution in [1.82, 2.24) is 19.1 Å². The number of pyridine rings is 2. The minimum absolute atomic E-state index is 0.0301. The van der Waals surface area contributed by atoms with E-state index in [-0.39, 0.29) is 34.4 Å². The SMILES string of the molecule is C=CC[C@H](C)[C@H](Nc1nc(N)ncc1C#N)c1cc2cccc(-c3ccc(=O)n(C)c3)c2c(=O)n1-c1ccccc1. The summed E-state index contributed by atoms with van der Waals surface area (Å²) in [5.74, 6) is 0.253. The maximum absolute atomic E-state index is 14.6. The highest BCUT2D eigenvalue weighted by Gasteiger charge is 2.26. The fraction of sp³-hybridized carbons (Fsp3) is 0.156. The van der Waals surface area contributed by atoms with Crippen LogP contribution in [0.15, 0.2) is 101 Å². The van der Waals surface area contributed by atoms with Gasteiger partial charge in [-0.3, -0.25) is 14.2 Å². The number of fused-ring (bicyclic) bond motifs is 1. The lowest BCUT2D eigenvalue weighted by molar-refractivity contribution is 0.485. The van der Waals surface area contributed by atoms with E-state index in [4.69, 9.17) is 5.73 Å². The molecule has 9 heteroatoms. The molecule has 0 aliphatic rings. The third-order valence-electron chi connectivity index (χ3n) is 7.13. The first kappa shape index (κ1) is 27.1. The maximum Gasteiger partial charge on any atom is 0.263 e. The molecule has 204 valence electrons. The second-order valence-corrected chi connectivity index (χ2v) is 9.91. The van der Waals surface area contributed by atoms with Gasteiger partial charge in [0.25, 0.3) is 5.56 Å². The number of benzene rings is 2. The van der Waals surface area contributed by atoms with Crippen LogP contribution < -0.4 is 22.2 Å². The Balaban J connectivity index is 1.83. The Bertz CT molecular complexity index is 1920. The van der Waals surface area contributed by atoms with Crippen molar-refractivity contribution < 1.29 is 0 Å². The summed E-state index contributed by atoms with van der Waals surface area (Å²) >= 11 is 0. The molecule has 3 N–H and O–H groups in total. The van der Waals surface area contributed by atoms with Crippen molar-refractivity contribution in [3.05, 3.63) is 124 Å². The van der Waals surface area contributed by atoms with Crippen LogP contribution in [0.3, 0.4) is 0 Å². The molecule has 2 atom stereocenters. The molecule has 0 saturated heterocycles. The molecule has 0 saturated carbocycles. The maximum atomic E-state index is 14.6. The van der Waals surface area contributed by atoms with Gasteiger partial charge in [0, 0.05) is 30.7 Å². The number of nitrogens with two attached hydrogens (primary N) is 1. The lowest BCUT2D eigenvalue weighted by Crippen LogP contribution is -2.30. The van der Waals surface area contributed by atoms with Gasteiger partial charge in [0.15, 0.2) is 0 Å². The topological polar surface area (TPSA) is 132 Å². The van der Waals surface area contributed by atoms with E-state index in [9.17, 15) is 14.9 Å². The summed E-state index contributed by atoms with van der Waals surface area (Å²) in [6.45, 7) is 5.96. The monoisotopic (exact) mass is 543 g/mol. The Labute approximate surface area is 236 Å². The summed E-state index contributed by atoms with van der Waals surface area (Å²) in [7, 11) is 1.68. The molecule has 5 rings (SSSR count). The van der Waals surface area contributed by atoms with Gasteiger partial charge in [-0.1, -0.05) is 49.4 Å². The smallest absolute Gasteiger partial charge is 0.263 e.